The van der Waals surface area contributed by atoms with Crippen molar-refractivity contribution in [2.75, 3.05) is 32.1 Å². The first-order valence-corrected chi connectivity index (χ1v) is 5.48. The maximum atomic E-state index is 11.8. The Morgan fingerprint density at radius 2 is 2.11 bits per heavy atom. The van der Waals surface area contributed by atoms with Gasteiger partial charge in [0.05, 0.1) is 7.11 Å². The first-order valence-electron chi connectivity index (χ1n) is 5.48. The van der Waals surface area contributed by atoms with Crippen LogP contribution in [-0.2, 0) is 0 Å². The molecule has 6 heteroatoms. The van der Waals surface area contributed by atoms with E-state index in [1.165, 1.54) is 13.2 Å². The van der Waals surface area contributed by atoms with Crippen molar-refractivity contribution in [2.24, 2.45) is 0 Å². The molecule has 6 nitrogen and oxygen atoms in total. The van der Waals surface area contributed by atoms with E-state index in [0.717, 1.165) is 0 Å². The van der Waals surface area contributed by atoms with Crippen molar-refractivity contribution in [3.63, 3.8) is 0 Å². The van der Waals surface area contributed by atoms with Crippen LogP contribution in [0.4, 0.5) is 10.5 Å². The summed E-state index contributed by atoms with van der Waals surface area (Å²) in [6.45, 7) is 1.19. The van der Waals surface area contributed by atoms with Gasteiger partial charge in [-0.1, -0.05) is 0 Å². The Kier molecular flexibility index (Phi) is 3.10. The second-order valence-electron chi connectivity index (χ2n) is 4.05. The maximum absolute atomic E-state index is 11.8. The predicted molar refractivity (Wildman–Crippen MR) is 65.3 cm³/mol. The van der Waals surface area contributed by atoms with Gasteiger partial charge in [-0.25, -0.2) is 9.59 Å². The van der Waals surface area contributed by atoms with Crippen LogP contribution in [0.15, 0.2) is 18.2 Å². The van der Waals surface area contributed by atoms with Gasteiger partial charge in [0.25, 0.3) is 0 Å². The molecule has 18 heavy (non-hydrogen) atoms. The predicted octanol–water partition coefficient (Wildman–Crippen LogP) is 1.27. The molecule has 0 radical (unpaired) electrons. The minimum atomic E-state index is -1.08. The number of likely N-dealkylation sites (N-methyl/N-ethyl adjacent to an activating group) is 1. The summed E-state index contributed by atoms with van der Waals surface area (Å²) in [5.41, 5.74) is 0.625. The fourth-order valence-electron chi connectivity index (χ4n) is 1.92. The lowest BCUT2D eigenvalue weighted by molar-refractivity contribution is 0.0693. The molecule has 96 valence electrons. The van der Waals surface area contributed by atoms with Crippen LogP contribution in [-0.4, -0.2) is 49.3 Å². The highest BCUT2D eigenvalue weighted by Crippen LogP contribution is 2.27. The SMILES string of the molecule is COc1ccc(N2CCN(C)C2=O)cc1C(=O)O. The highest BCUT2D eigenvalue weighted by Gasteiger charge is 2.27. The van der Waals surface area contributed by atoms with Crippen molar-refractivity contribution in [1.29, 1.82) is 0 Å². The smallest absolute Gasteiger partial charge is 0.339 e. The average molecular weight is 250 g/mol. The molecule has 2 amide bonds. The lowest BCUT2D eigenvalue weighted by Gasteiger charge is -2.17. The molecule has 0 spiro atoms. The molecule has 0 bridgehead atoms. The zero-order valence-corrected chi connectivity index (χ0v) is 10.2. The van der Waals surface area contributed by atoms with Crippen LogP contribution in [0.25, 0.3) is 0 Å². The van der Waals surface area contributed by atoms with E-state index in [9.17, 15) is 9.59 Å². The number of amides is 2. The van der Waals surface area contributed by atoms with Gasteiger partial charge in [0.2, 0.25) is 0 Å². The van der Waals surface area contributed by atoms with Gasteiger partial charge in [-0.05, 0) is 18.2 Å². The molecule has 0 aliphatic carbocycles. The zero-order valence-electron chi connectivity index (χ0n) is 10.2. The largest absolute Gasteiger partial charge is 0.496 e. The third kappa shape index (κ3) is 1.97. The summed E-state index contributed by atoms with van der Waals surface area (Å²) in [6.07, 6.45) is 0. The molecule has 1 aliphatic heterocycles. The molecule has 0 aromatic heterocycles. The number of nitrogens with zero attached hydrogens (tertiary/aromatic N) is 2. The molecule has 0 unspecified atom stereocenters. The van der Waals surface area contributed by atoms with Crippen molar-refractivity contribution in [1.82, 2.24) is 4.90 Å². The van der Waals surface area contributed by atoms with Gasteiger partial charge in [0.15, 0.2) is 0 Å². The van der Waals surface area contributed by atoms with Gasteiger partial charge in [-0.2, -0.15) is 0 Å². The van der Waals surface area contributed by atoms with Gasteiger partial charge in [-0.3, -0.25) is 4.90 Å². The standard InChI is InChI=1S/C12H14N2O4/c1-13-5-6-14(12(13)17)8-3-4-10(18-2)9(7-8)11(15)16/h3-4,7H,5-6H2,1-2H3,(H,15,16). The minimum absolute atomic E-state index is 0.0531. The number of methoxy groups -OCH3 is 1. The topological polar surface area (TPSA) is 70.1 Å². The molecule has 1 heterocycles. The zero-order chi connectivity index (χ0) is 13.3. The van der Waals surface area contributed by atoms with Gasteiger partial charge in [0, 0.05) is 25.8 Å². The van der Waals surface area contributed by atoms with E-state index in [4.69, 9.17) is 9.84 Å². The first kappa shape index (κ1) is 12.2. The highest BCUT2D eigenvalue weighted by molar-refractivity contribution is 5.97. The van der Waals surface area contributed by atoms with Crippen LogP contribution >= 0.6 is 0 Å². The second kappa shape index (κ2) is 4.56. The van der Waals surface area contributed by atoms with Gasteiger partial charge >= 0.3 is 12.0 Å². The average Bonchev–Trinajstić information content (AvgIpc) is 2.69. The number of hydrogen-bond acceptors (Lipinski definition) is 3. The molecule has 1 aliphatic rings. The van der Waals surface area contributed by atoms with Crippen LogP contribution in [0.1, 0.15) is 10.4 Å². The number of carboxylic acid groups (broad SMARTS) is 1. The fourth-order valence-corrected chi connectivity index (χ4v) is 1.92. The van der Waals surface area contributed by atoms with Crippen LogP contribution in [0.5, 0.6) is 5.75 Å². The van der Waals surface area contributed by atoms with E-state index in [0.29, 0.717) is 18.8 Å². The fraction of sp³-hybridized carbons (Fsp3) is 0.333. The summed E-state index contributed by atoms with van der Waals surface area (Å²) in [7, 11) is 3.13. The van der Waals surface area contributed by atoms with Crippen LogP contribution in [0, 0.1) is 0 Å². The Morgan fingerprint density at radius 3 is 2.61 bits per heavy atom. The molecule has 0 atom stereocenters. The van der Waals surface area contributed by atoms with Crippen molar-refractivity contribution < 1.29 is 19.4 Å². The number of carboxylic acids is 1. The Labute approximate surface area is 104 Å². The number of benzene rings is 1. The molecule has 1 aromatic rings. The number of rotatable bonds is 3. The molecular formula is C12H14N2O4. The number of urea groups is 1. The van der Waals surface area contributed by atoms with Crippen molar-refractivity contribution in [3.8, 4) is 5.75 Å². The molecule has 1 saturated heterocycles. The molecule has 0 saturated carbocycles. The number of ether oxygens (including phenoxy) is 1. The Hall–Kier alpha value is -2.24. The number of carbonyl (C=O) groups excluding carboxylic acids is 1. The summed E-state index contributed by atoms with van der Waals surface area (Å²) in [5, 5.41) is 9.09. The van der Waals surface area contributed by atoms with E-state index in [-0.39, 0.29) is 17.3 Å². The minimum Gasteiger partial charge on any atom is -0.496 e. The summed E-state index contributed by atoms with van der Waals surface area (Å²) < 4.78 is 4.98. The van der Waals surface area contributed by atoms with Gasteiger partial charge in [0.1, 0.15) is 11.3 Å². The maximum Gasteiger partial charge on any atom is 0.339 e. The molecule has 1 N–H and O–H groups in total. The first-order chi connectivity index (χ1) is 8.54. The summed E-state index contributed by atoms with van der Waals surface area (Å²) in [5.74, 6) is -0.792. The number of hydrogen-bond donors (Lipinski definition) is 1. The van der Waals surface area contributed by atoms with E-state index in [1.807, 2.05) is 0 Å². The Bertz CT molecular complexity index is 501. The van der Waals surface area contributed by atoms with Crippen LogP contribution < -0.4 is 9.64 Å². The van der Waals surface area contributed by atoms with Crippen molar-refractivity contribution >= 4 is 17.7 Å². The van der Waals surface area contributed by atoms with Crippen molar-refractivity contribution in [2.45, 2.75) is 0 Å². The quantitative estimate of drug-likeness (QED) is 0.876. The molecular weight excluding hydrogens is 236 g/mol. The normalized spacial score (nSPS) is 15.1. The van der Waals surface area contributed by atoms with Gasteiger partial charge in [-0.15, -0.1) is 0 Å². The van der Waals surface area contributed by atoms with E-state index >= 15 is 0 Å². The lowest BCUT2D eigenvalue weighted by atomic mass is 10.1. The van der Waals surface area contributed by atoms with Gasteiger partial charge < -0.3 is 14.7 Å². The molecule has 1 aromatic carbocycles. The monoisotopic (exact) mass is 250 g/mol. The Morgan fingerprint density at radius 1 is 1.39 bits per heavy atom. The highest BCUT2D eigenvalue weighted by atomic mass is 16.5. The molecule has 1 fully saturated rings. The third-order valence-corrected chi connectivity index (χ3v) is 2.94. The van der Waals surface area contributed by atoms with Crippen LogP contribution in [0.2, 0.25) is 0 Å². The third-order valence-electron chi connectivity index (χ3n) is 2.94. The summed E-state index contributed by atoms with van der Waals surface area (Å²) >= 11 is 0. The number of anilines is 1. The Balaban J connectivity index is 2.38. The van der Waals surface area contributed by atoms with E-state index in [2.05, 4.69) is 0 Å². The summed E-state index contributed by atoms with van der Waals surface area (Å²) in [6, 6.07) is 4.57. The van der Waals surface area contributed by atoms with E-state index < -0.39 is 5.97 Å². The number of aromatic carboxylic acids is 1. The summed E-state index contributed by atoms with van der Waals surface area (Å²) in [4.78, 5) is 26.0. The molecule has 2 rings (SSSR count). The van der Waals surface area contributed by atoms with E-state index in [1.54, 1.807) is 29.0 Å². The second-order valence-corrected chi connectivity index (χ2v) is 4.05. The van der Waals surface area contributed by atoms with Crippen molar-refractivity contribution in [3.05, 3.63) is 23.8 Å². The number of carbonyl (C=O) groups is 2. The van der Waals surface area contributed by atoms with Crippen LogP contribution in [0.3, 0.4) is 0 Å². The lowest BCUT2D eigenvalue weighted by Crippen LogP contribution is -2.29.